The number of aromatic nitrogens is 2. The van der Waals surface area contributed by atoms with Crippen LogP contribution in [0.5, 0.6) is 5.75 Å². The van der Waals surface area contributed by atoms with Gasteiger partial charge < -0.3 is 20.7 Å². The van der Waals surface area contributed by atoms with E-state index in [2.05, 4.69) is 30.7 Å². The SMILES string of the molecule is FC(F)(F)Oc1cccc(-c2cc(NCCC3CCNCC3)nc(NC3CCCCC3)n2)c1. The van der Waals surface area contributed by atoms with Crippen LogP contribution in [-0.4, -0.2) is 42.0 Å². The molecule has 0 unspecified atom stereocenters. The maximum Gasteiger partial charge on any atom is 0.573 e. The molecule has 1 aromatic carbocycles. The predicted molar refractivity (Wildman–Crippen MR) is 123 cm³/mol. The fourth-order valence-corrected chi connectivity index (χ4v) is 4.61. The summed E-state index contributed by atoms with van der Waals surface area (Å²) >= 11 is 0. The third-order valence-electron chi connectivity index (χ3n) is 6.35. The average Bonchev–Trinajstić information content (AvgIpc) is 2.79. The monoisotopic (exact) mass is 463 g/mol. The van der Waals surface area contributed by atoms with Gasteiger partial charge in [0.15, 0.2) is 0 Å². The molecule has 6 nitrogen and oxygen atoms in total. The Balaban J connectivity index is 1.52. The third-order valence-corrected chi connectivity index (χ3v) is 6.35. The van der Waals surface area contributed by atoms with Crippen LogP contribution in [0.25, 0.3) is 11.3 Å². The molecule has 2 aromatic rings. The molecule has 3 N–H and O–H groups in total. The Morgan fingerprint density at radius 2 is 1.79 bits per heavy atom. The van der Waals surface area contributed by atoms with Crippen LogP contribution in [0.3, 0.4) is 0 Å². The number of ether oxygens (including phenoxy) is 1. The number of halogens is 3. The quantitative estimate of drug-likeness (QED) is 0.474. The van der Waals surface area contributed by atoms with Crippen LogP contribution in [0.1, 0.15) is 51.4 Å². The lowest BCUT2D eigenvalue weighted by molar-refractivity contribution is -0.274. The van der Waals surface area contributed by atoms with Crippen molar-refractivity contribution >= 4 is 11.8 Å². The number of hydrogen-bond donors (Lipinski definition) is 3. The van der Waals surface area contributed by atoms with Gasteiger partial charge in [0.05, 0.1) is 5.69 Å². The molecule has 4 rings (SSSR count). The highest BCUT2D eigenvalue weighted by Gasteiger charge is 2.31. The highest BCUT2D eigenvalue weighted by atomic mass is 19.4. The van der Waals surface area contributed by atoms with Gasteiger partial charge in [0.2, 0.25) is 5.95 Å². The zero-order chi connectivity index (χ0) is 23.1. The first-order valence-corrected chi connectivity index (χ1v) is 11.9. The second-order valence-electron chi connectivity index (χ2n) is 8.93. The number of rotatable bonds is 8. The zero-order valence-corrected chi connectivity index (χ0v) is 18.8. The summed E-state index contributed by atoms with van der Waals surface area (Å²) in [7, 11) is 0. The number of nitrogens with one attached hydrogen (secondary N) is 3. The smallest absolute Gasteiger partial charge is 0.406 e. The van der Waals surface area contributed by atoms with Gasteiger partial charge in [-0.1, -0.05) is 31.4 Å². The molecule has 2 heterocycles. The molecule has 2 aliphatic rings. The van der Waals surface area contributed by atoms with Crippen molar-refractivity contribution in [2.24, 2.45) is 5.92 Å². The summed E-state index contributed by atoms with van der Waals surface area (Å²) in [4.78, 5) is 9.29. The number of hydrogen-bond acceptors (Lipinski definition) is 6. The van der Waals surface area contributed by atoms with E-state index in [1.165, 1.54) is 50.3 Å². The minimum Gasteiger partial charge on any atom is -0.406 e. The molecule has 1 aliphatic heterocycles. The van der Waals surface area contributed by atoms with E-state index in [-0.39, 0.29) is 5.75 Å². The van der Waals surface area contributed by atoms with Gasteiger partial charge in [-0.3, -0.25) is 0 Å². The van der Waals surface area contributed by atoms with Crippen molar-refractivity contribution in [1.29, 1.82) is 0 Å². The molecule has 33 heavy (non-hydrogen) atoms. The van der Waals surface area contributed by atoms with E-state index in [9.17, 15) is 13.2 Å². The fraction of sp³-hybridized carbons (Fsp3) is 0.583. The molecule has 2 fully saturated rings. The molecule has 1 aliphatic carbocycles. The standard InChI is InChI=1S/C24H32F3N5O/c25-24(26,27)33-20-8-4-5-18(15-20)21-16-22(29-14-11-17-9-12-28-13-10-17)32-23(31-21)30-19-6-2-1-3-7-19/h4-5,8,15-17,19,28H,1-3,6-7,9-14H2,(H2,29,30,31,32). The first kappa shape index (κ1) is 23.6. The lowest BCUT2D eigenvalue weighted by Crippen LogP contribution is -2.28. The second kappa shape index (κ2) is 11.0. The Labute approximate surface area is 192 Å². The lowest BCUT2D eigenvalue weighted by atomic mass is 9.95. The van der Waals surface area contributed by atoms with E-state index in [1.54, 1.807) is 12.1 Å². The highest BCUT2D eigenvalue weighted by Crippen LogP contribution is 2.29. The van der Waals surface area contributed by atoms with Crippen molar-refractivity contribution in [3.8, 4) is 17.0 Å². The van der Waals surface area contributed by atoms with Gasteiger partial charge in [0.25, 0.3) is 0 Å². The van der Waals surface area contributed by atoms with Gasteiger partial charge >= 0.3 is 6.36 Å². The van der Waals surface area contributed by atoms with Crippen LogP contribution in [0.4, 0.5) is 24.9 Å². The summed E-state index contributed by atoms with van der Waals surface area (Å²) in [5.74, 6) is 1.61. The van der Waals surface area contributed by atoms with Gasteiger partial charge in [0, 0.05) is 24.2 Å². The molecular weight excluding hydrogens is 431 g/mol. The zero-order valence-electron chi connectivity index (χ0n) is 18.8. The summed E-state index contributed by atoms with van der Waals surface area (Å²) in [6, 6.07) is 8.03. The van der Waals surface area contributed by atoms with Crippen LogP contribution in [0.15, 0.2) is 30.3 Å². The Kier molecular flexibility index (Phi) is 7.90. The minimum atomic E-state index is -4.74. The summed E-state index contributed by atoms with van der Waals surface area (Å²) in [6.07, 6.45) is 4.41. The molecule has 0 atom stereocenters. The molecule has 180 valence electrons. The number of anilines is 2. The Hall–Kier alpha value is -2.55. The average molecular weight is 464 g/mol. The van der Waals surface area contributed by atoms with Gasteiger partial charge in [0.1, 0.15) is 11.6 Å². The summed E-state index contributed by atoms with van der Waals surface area (Å²) < 4.78 is 42.2. The van der Waals surface area contributed by atoms with Crippen LogP contribution in [0, 0.1) is 5.92 Å². The van der Waals surface area contributed by atoms with Crippen LogP contribution in [-0.2, 0) is 0 Å². The summed E-state index contributed by atoms with van der Waals surface area (Å²) in [5.41, 5.74) is 1.10. The van der Waals surface area contributed by atoms with Crippen molar-refractivity contribution in [2.75, 3.05) is 30.3 Å². The van der Waals surface area contributed by atoms with Crippen LogP contribution < -0.4 is 20.7 Å². The second-order valence-corrected chi connectivity index (χ2v) is 8.93. The summed E-state index contributed by atoms with van der Waals surface area (Å²) in [6.45, 7) is 2.92. The van der Waals surface area contributed by atoms with E-state index in [0.29, 0.717) is 35.0 Å². The molecule has 1 saturated heterocycles. The molecule has 0 amide bonds. The van der Waals surface area contributed by atoms with Crippen molar-refractivity contribution < 1.29 is 17.9 Å². The van der Waals surface area contributed by atoms with E-state index >= 15 is 0 Å². The van der Waals surface area contributed by atoms with E-state index < -0.39 is 6.36 Å². The molecule has 1 saturated carbocycles. The number of nitrogens with zero attached hydrogens (tertiary/aromatic N) is 2. The Bertz CT molecular complexity index is 896. The van der Waals surface area contributed by atoms with Gasteiger partial charge in [-0.05, 0) is 63.2 Å². The van der Waals surface area contributed by atoms with E-state index in [0.717, 1.165) is 38.9 Å². The largest absolute Gasteiger partial charge is 0.573 e. The molecule has 1 aromatic heterocycles. The van der Waals surface area contributed by atoms with Crippen molar-refractivity contribution in [2.45, 2.75) is 63.8 Å². The van der Waals surface area contributed by atoms with Gasteiger partial charge in [-0.2, -0.15) is 4.98 Å². The first-order valence-electron chi connectivity index (χ1n) is 11.9. The molecule has 0 bridgehead atoms. The third kappa shape index (κ3) is 7.48. The number of piperidine rings is 1. The maximum atomic E-state index is 12.7. The molecule has 0 spiro atoms. The van der Waals surface area contributed by atoms with Gasteiger partial charge in [-0.15, -0.1) is 13.2 Å². The van der Waals surface area contributed by atoms with Gasteiger partial charge in [-0.25, -0.2) is 4.98 Å². The minimum absolute atomic E-state index is 0.263. The molecule has 0 radical (unpaired) electrons. The molecule has 9 heteroatoms. The first-order chi connectivity index (χ1) is 15.9. The van der Waals surface area contributed by atoms with Crippen molar-refractivity contribution in [1.82, 2.24) is 15.3 Å². The topological polar surface area (TPSA) is 71.1 Å². The fourth-order valence-electron chi connectivity index (χ4n) is 4.61. The van der Waals surface area contributed by atoms with E-state index in [4.69, 9.17) is 0 Å². The molecular formula is C24H32F3N5O. The Morgan fingerprint density at radius 3 is 2.55 bits per heavy atom. The summed E-state index contributed by atoms with van der Waals surface area (Å²) in [5, 5.41) is 10.2. The predicted octanol–water partition coefficient (Wildman–Crippen LogP) is 5.59. The van der Waals surface area contributed by atoms with Crippen molar-refractivity contribution in [3.63, 3.8) is 0 Å². The normalized spacial score (nSPS) is 18.2. The maximum absolute atomic E-state index is 12.7. The number of benzene rings is 1. The van der Waals surface area contributed by atoms with Crippen LogP contribution in [0.2, 0.25) is 0 Å². The van der Waals surface area contributed by atoms with Crippen LogP contribution >= 0.6 is 0 Å². The lowest BCUT2D eigenvalue weighted by Gasteiger charge is -2.24. The van der Waals surface area contributed by atoms with Crippen molar-refractivity contribution in [3.05, 3.63) is 30.3 Å². The Morgan fingerprint density at radius 1 is 1.00 bits per heavy atom. The number of alkyl halides is 3. The highest BCUT2D eigenvalue weighted by molar-refractivity contribution is 5.66. The van der Waals surface area contributed by atoms with E-state index in [1.807, 2.05) is 0 Å².